The van der Waals surface area contributed by atoms with Crippen LogP contribution in [0.2, 0.25) is 0 Å². The van der Waals surface area contributed by atoms with E-state index < -0.39 is 0 Å². The van der Waals surface area contributed by atoms with Crippen LogP contribution in [0.4, 0.5) is 0 Å². The topological polar surface area (TPSA) is 0 Å². The Bertz CT molecular complexity index is 311. The molecule has 0 bridgehead atoms. The predicted molar refractivity (Wildman–Crippen MR) is 64.7 cm³/mol. The van der Waals surface area contributed by atoms with Gasteiger partial charge < -0.3 is 0 Å². The van der Waals surface area contributed by atoms with E-state index in [-0.39, 0.29) is 0 Å². The van der Waals surface area contributed by atoms with Crippen molar-refractivity contribution >= 4 is 15.9 Å². The Morgan fingerprint density at radius 1 is 1.14 bits per heavy atom. The summed E-state index contributed by atoms with van der Waals surface area (Å²) < 4.78 is 1.26. The lowest BCUT2D eigenvalue weighted by Crippen LogP contribution is -2.04. The van der Waals surface area contributed by atoms with Crippen molar-refractivity contribution in [3.63, 3.8) is 0 Å². The molecule has 1 aliphatic rings. The fourth-order valence-corrected chi connectivity index (χ4v) is 2.70. The van der Waals surface area contributed by atoms with E-state index in [0.717, 1.165) is 5.92 Å². The van der Waals surface area contributed by atoms with Crippen LogP contribution in [0, 0.1) is 6.92 Å². The van der Waals surface area contributed by atoms with Gasteiger partial charge in [0, 0.05) is 4.47 Å². The van der Waals surface area contributed by atoms with Crippen LogP contribution in [0.25, 0.3) is 0 Å². The number of benzene rings is 1. The Morgan fingerprint density at radius 2 is 1.86 bits per heavy atom. The quantitative estimate of drug-likeness (QED) is 0.674. The van der Waals surface area contributed by atoms with E-state index in [1.807, 2.05) is 0 Å². The molecule has 0 spiro atoms. The molecule has 1 fully saturated rings. The van der Waals surface area contributed by atoms with E-state index in [9.17, 15) is 0 Å². The van der Waals surface area contributed by atoms with Gasteiger partial charge in [0.25, 0.3) is 0 Å². The van der Waals surface area contributed by atoms with Crippen molar-refractivity contribution in [3.8, 4) is 0 Å². The van der Waals surface area contributed by atoms with Gasteiger partial charge in [-0.1, -0.05) is 47.3 Å². The number of aryl methyl sites for hydroxylation is 1. The third kappa shape index (κ3) is 2.20. The Balaban J connectivity index is 2.18. The molecule has 1 saturated carbocycles. The molecule has 0 amide bonds. The Hall–Kier alpha value is -0.300. The van der Waals surface area contributed by atoms with Crippen LogP contribution in [0.3, 0.4) is 0 Å². The van der Waals surface area contributed by atoms with Crippen molar-refractivity contribution in [2.75, 3.05) is 0 Å². The third-order valence-electron chi connectivity index (χ3n) is 3.27. The van der Waals surface area contributed by atoms with Crippen molar-refractivity contribution < 1.29 is 0 Å². The van der Waals surface area contributed by atoms with Crippen LogP contribution in [-0.2, 0) is 0 Å². The van der Waals surface area contributed by atoms with E-state index in [2.05, 4.69) is 41.1 Å². The highest BCUT2D eigenvalue weighted by Gasteiger charge is 2.15. The fraction of sp³-hybridized carbons (Fsp3) is 0.538. The summed E-state index contributed by atoms with van der Waals surface area (Å²) in [7, 11) is 0. The summed E-state index contributed by atoms with van der Waals surface area (Å²) >= 11 is 3.61. The Labute approximate surface area is 94.8 Å². The van der Waals surface area contributed by atoms with Gasteiger partial charge in [-0.3, -0.25) is 0 Å². The first-order valence-corrected chi connectivity index (χ1v) is 6.33. The molecule has 2 rings (SSSR count). The summed E-state index contributed by atoms with van der Waals surface area (Å²) in [5.74, 6) is 0.820. The lowest BCUT2D eigenvalue weighted by atomic mass is 9.84. The van der Waals surface area contributed by atoms with Crippen LogP contribution in [-0.4, -0.2) is 0 Å². The van der Waals surface area contributed by atoms with Crippen molar-refractivity contribution in [1.82, 2.24) is 0 Å². The molecule has 0 heterocycles. The zero-order valence-corrected chi connectivity index (χ0v) is 10.3. The van der Waals surface area contributed by atoms with Crippen molar-refractivity contribution in [3.05, 3.63) is 33.8 Å². The predicted octanol–water partition coefficient (Wildman–Crippen LogP) is 4.81. The summed E-state index contributed by atoms with van der Waals surface area (Å²) in [5, 5.41) is 0. The second-order valence-electron chi connectivity index (χ2n) is 4.34. The minimum atomic E-state index is 0.820. The largest absolute Gasteiger partial charge is 0.0584 e. The van der Waals surface area contributed by atoms with Gasteiger partial charge in [0.15, 0.2) is 0 Å². The number of hydrogen-bond acceptors (Lipinski definition) is 0. The van der Waals surface area contributed by atoms with Crippen LogP contribution in [0.5, 0.6) is 0 Å². The molecular formula is C13H17Br. The van der Waals surface area contributed by atoms with Gasteiger partial charge in [0.05, 0.1) is 0 Å². The summed E-state index contributed by atoms with van der Waals surface area (Å²) in [6.07, 6.45) is 7.03. The zero-order chi connectivity index (χ0) is 9.97. The molecule has 0 saturated heterocycles. The molecule has 0 radical (unpaired) electrons. The molecule has 76 valence electrons. The van der Waals surface area contributed by atoms with Crippen LogP contribution < -0.4 is 0 Å². The SMILES string of the molecule is Cc1ccc(C2CCCCC2)cc1Br. The summed E-state index contributed by atoms with van der Waals surface area (Å²) in [6.45, 7) is 2.15. The van der Waals surface area contributed by atoms with Crippen molar-refractivity contribution in [2.45, 2.75) is 44.9 Å². The van der Waals surface area contributed by atoms with Gasteiger partial charge in [-0.2, -0.15) is 0 Å². The number of halogens is 1. The van der Waals surface area contributed by atoms with Gasteiger partial charge >= 0.3 is 0 Å². The maximum Gasteiger partial charge on any atom is 0.0207 e. The first-order valence-electron chi connectivity index (χ1n) is 5.53. The smallest absolute Gasteiger partial charge is 0.0207 e. The van der Waals surface area contributed by atoms with Gasteiger partial charge in [-0.25, -0.2) is 0 Å². The fourth-order valence-electron chi connectivity index (χ4n) is 2.30. The minimum Gasteiger partial charge on any atom is -0.0584 e. The molecule has 0 aliphatic heterocycles. The molecule has 0 atom stereocenters. The first kappa shape index (κ1) is 10.2. The highest BCUT2D eigenvalue weighted by molar-refractivity contribution is 9.10. The molecule has 0 N–H and O–H groups in total. The van der Waals surface area contributed by atoms with E-state index in [1.165, 1.54) is 47.7 Å². The summed E-state index contributed by atoms with van der Waals surface area (Å²) in [5.41, 5.74) is 2.87. The highest BCUT2D eigenvalue weighted by atomic mass is 79.9. The van der Waals surface area contributed by atoms with Crippen LogP contribution >= 0.6 is 15.9 Å². The second kappa shape index (κ2) is 4.48. The molecule has 0 nitrogen and oxygen atoms in total. The standard InChI is InChI=1S/C13H17Br/c1-10-7-8-12(9-13(10)14)11-5-3-2-4-6-11/h7-9,11H,2-6H2,1H3. The van der Waals surface area contributed by atoms with Gasteiger partial charge in [0.2, 0.25) is 0 Å². The van der Waals surface area contributed by atoms with Gasteiger partial charge in [0.1, 0.15) is 0 Å². The molecule has 1 aromatic rings. The molecule has 1 aliphatic carbocycles. The first-order chi connectivity index (χ1) is 6.77. The molecule has 0 aromatic heterocycles. The van der Waals surface area contributed by atoms with E-state index >= 15 is 0 Å². The van der Waals surface area contributed by atoms with E-state index in [4.69, 9.17) is 0 Å². The average Bonchev–Trinajstić information content (AvgIpc) is 2.23. The van der Waals surface area contributed by atoms with Gasteiger partial charge in [-0.05, 0) is 42.9 Å². The minimum absolute atomic E-state index is 0.820. The molecular weight excluding hydrogens is 236 g/mol. The molecule has 1 aromatic carbocycles. The maximum absolute atomic E-state index is 3.61. The monoisotopic (exact) mass is 252 g/mol. The lowest BCUT2D eigenvalue weighted by Gasteiger charge is -2.22. The summed E-state index contributed by atoms with van der Waals surface area (Å²) in [6, 6.07) is 6.84. The average molecular weight is 253 g/mol. The lowest BCUT2D eigenvalue weighted by molar-refractivity contribution is 0.443. The molecule has 1 heteroatoms. The van der Waals surface area contributed by atoms with Crippen molar-refractivity contribution in [1.29, 1.82) is 0 Å². The highest BCUT2D eigenvalue weighted by Crippen LogP contribution is 2.34. The van der Waals surface area contributed by atoms with Crippen molar-refractivity contribution in [2.24, 2.45) is 0 Å². The molecule has 14 heavy (non-hydrogen) atoms. The Morgan fingerprint density at radius 3 is 2.50 bits per heavy atom. The molecule has 0 unspecified atom stereocenters. The van der Waals surface area contributed by atoms with Crippen LogP contribution in [0.1, 0.15) is 49.1 Å². The number of rotatable bonds is 1. The normalized spacial score (nSPS) is 18.4. The van der Waals surface area contributed by atoms with E-state index in [0.29, 0.717) is 0 Å². The Kier molecular flexibility index (Phi) is 3.27. The zero-order valence-electron chi connectivity index (χ0n) is 8.72. The van der Waals surface area contributed by atoms with Crippen LogP contribution in [0.15, 0.2) is 22.7 Å². The maximum atomic E-state index is 3.61. The number of hydrogen-bond donors (Lipinski definition) is 0. The summed E-state index contributed by atoms with van der Waals surface area (Å²) in [4.78, 5) is 0. The van der Waals surface area contributed by atoms with Gasteiger partial charge in [-0.15, -0.1) is 0 Å². The third-order valence-corrected chi connectivity index (χ3v) is 4.13. The van der Waals surface area contributed by atoms with E-state index in [1.54, 1.807) is 0 Å². The second-order valence-corrected chi connectivity index (χ2v) is 5.20.